The summed E-state index contributed by atoms with van der Waals surface area (Å²) < 4.78 is 0. The summed E-state index contributed by atoms with van der Waals surface area (Å²) in [4.78, 5) is 31.3. The minimum Gasteiger partial charge on any atom is -0.391 e. The maximum absolute atomic E-state index is 12.2. The van der Waals surface area contributed by atoms with Gasteiger partial charge in [-0.3, -0.25) is 9.59 Å². The molecule has 2 unspecified atom stereocenters. The second-order valence-corrected chi connectivity index (χ2v) is 6.79. The normalized spacial score (nSPS) is 14.5. The number of carbonyl (C=O) groups excluding carboxylic acids is 1. The molecule has 0 spiro atoms. The third-order valence-corrected chi connectivity index (χ3v) is 3.81. The number of aliphatic hydroxyl groups excluding tert-OH is 1. The quantitative estimate of drug-likeness (QED) is 0.768. The van der Waals surface area contributed by atoms with Crippen LogP contribution >= 0.6 is 0 Å². The van der Waals surface area contributed by atoms with E-state index in [4.69, 9.17) is 0 Å². The van der Waals surface area contributed by atoms with E-state index < -0.39 is 17.6 Å². The van der Waals surface area contributed by atoms with Crippen LogP contribution in [-0.4, -0.2) is 33.6 Å². The zero-order valence-electron chi connectivity index (χ0n) is 14.3. The average Bonchev–Trinajstić information content (AvgIpc) is 2.41. The molecule has 1 aromatic heterocycles. The first kappa shape index (κ1) is 18.4. The molecule has 0 radical (unpaired) electrons. The second kappa shape index (κ2) is 7.05. The molecule has 22 heavy (non-hydrogen) atoms. The highest BCUT2D eigenvalue weighted by atomic mass is 16.3. The predicted octanol–water partition coefficient (Wildman–Crippen LogP) is 1.51. The van der Waals surface area contributed by atoms with Gasteiger partial charge in [0.2, 0.25) is 0 Å². The lowest BCUT2D eigenvalue weighted by molar-refractivity contribution is 0.0847. The minimum absolute atomic E-state index is 0.00403. The van der Waals surface area contributed by atoms with Gasteiger partial charge in [0.05, 0.1) is 11.8 Å². The number of aliphatic hydroxyl groups is 1. The van der Waals surface area contributed by atoms with Gasteiger partial charge in [-0.1, -0.05) is 41.0 Å². The summed E-state index contributed by atoms with van der Waals surface area (Å²) in [6, 6.07) is 0. The van der Waals surface area contributed by atoms with Gasteiger partial charge < -0.3 is 15.4 Å². The van der Waals surface area contributed by atoms with Crippen molar-refractivity contribution >= 4 is 5.91 Å². The van der Waals surface area contributed by atoms with E-state index >= 15 is 0 Å². The molecule has 1 amide bonds. The van der Waals surface area contributed by atoms with Gasteiger partial charge in [0.15, 0.2) is 0 Å². The molecule has 124 valence electrons. The summed E-state index contributed by atoms with van der Waals surface area (Å²) in [5.74, 6) is 0.126. The molecule has 0 saturated heterocycles. The fourth-order valence-electron chi connectivity index (χ4n) is 1.97. The molecule has 3 N–H and O–H groups in total. The highest BCUT2D eigenvalue weighted by Crippen LogP contribution is 2.17. The molecule has 1 rings (SSSR count). The summed E-state index contributed by atoms with van der Waals surface area (Å²) >= 11 is 0. The zero-order valence-corrected chi connectivity index (χ0v) is 14.3. The SMILES string of the molecule is CCC(C)C(O)CNC(=O)c1c(C)nc(C(C)(C)C)[nH]c1=O. The van der Waals surface area contributed by atoms with Crippen molar-refractivity contribution in [1.29, 1.82) is 0 Å². The zero-order chi connectivity index (χ0) is 17.1. The number of carbonyl (C=O) groups is 1. The molecule has 1 heterocycles. The van der Waals surface area contributed by atoms with Crippen molar-refractivity contribution in [2.75, 3.05) is 6.54 Å². The van der Waals surface area contributed by atoms with Crippen LogP contribution in [0.5, 0.6) is 0 Å². The molecule has 0 aliphatic rings. The third-order valence-electron chi connectivity index (χ3n) is 3.81. The molecule has 0 aliphatic carbocycles. The molecule has 6 nitrogen and oxygen atoms in total. The van der Waals surface area contributed by atoms with Crippen molar-refractivity contribution in [2.24, 2.45) is 5.92 Å². The average molecular weight is 309 g/mol. The molecule has 0 bridgehead atoms. The van der Waals surface area contributed by atoms with Crippen LogP contribution in [0.4, 0.5) is 0 Å². The molecule has 0 fully saturated rings. The summed E-state index contributed by atoms with van der Waals surface area (Å²) in [7, 11) is 0. The van der Waals surface area contributed by atoms with Crippen LogP contribution in [-0.2, 0) is 5.41 Å². The van der Waals surface area contributed by atoms with E-state index in [1.165, 1.54) is 0 Å². The molecule has 0 aromatic carbocycles. The van der Waals surface area contributed by atoms with E-state index in [0.717, 1.165) is 6.42 Å². The molecular formula is C16H27N3O3. The monoisotopic (exact) mass is 309 g/mol. The summed E-state index contributed by atoms with van der Waals surface area (Å²) in [5, 5.41) is 12.5. The van der Waals surface area contributed by atoms with E-state index in [-0.39, 0.29) is 23.4 Å². The van der Waals surface area contributed by atoms with Gasteiger partial charge in [-0.25, -0.2) is 4.98 Å². The van der Waals surface area contributed by atoms with Crippen LogP contribution in [0.1, 0.15) is 62.9 Å². The Balaban J connectivity index is 2.94. The van der Waals surface area contributed by atoms with Crippen molar-refractivity contribution < 1.29 is 9.90 Å². The molecular weight excluding hydrogens is 282 g/mol. The smallest absolute Gasteiger partial charge is 0.264 e. The Kier molecular flexibility index (Phi) is 5.88. The number of nitrogens with one attached hydrogen (secondary N) is 2. The number of aryl methyl sites for hydroxylation is 1. The molecule has 6 heteroatoms. The Hall–Kier alpha value is -1.69. The maximum Gasteiger partial charge on any atom is 0.264 e. The second-order valence-electron chi connectivity index (χ2n) is 6.79. The Bertz CT molecular complexity index is 587. The number of hydrogen-bond acceptors (Lipinski definition) is 4. The highest BCUT2D eigenvalue weighted by Gasteiger charge is 2.22. The molecule has 0 aliphatic heterocycles. The van der Waals surface area contributed by atoms with Crippen LogP contribution in [0.15, 0.2) is 4.79 Å². The van der Waals surface area contributed by atoms with Crippen molar-refractivity contribution in [2.45, 2.75) is 59.5 Å². The van der Waals surface area contributed by atoms with Gasteiger partial charge in [0, 0.05) is 12.0 Å². The summed E-state index contributed by atoms with van der Waals surface area (Å²) in [5.41, 5.74) is -0.354. The highest BCUT2D eigenvalue weighted by molar-refractivity contribution is 5.94. The largest absolute Gasteiger partial charge is 0.391 e. The number of H-pyrrole nitrogens is 1. The van der Waals surface area contributed by atoms with E-state index in [1.54, 1.807) is 6.92 Å². The number of amides is 1. The van der Waals surface area contributed by atoms with Crippen LogP contribution in [0, 0.1) is 12.8 Å². The first-order valence-corrected chi connectivity index (χ1v) is 7.65. The van der Waals surface area contributed by atoms with Gasteiger partial charge in [-0.05, 0) is 12.8 Å². The van der Waals surface area contributed by atoms with Gasteiger partial charge in [-0.15, -0.1) is 0 Å². The maximum atomic E-state index is 12.2. The van der Waals surface area contributed by atoms with Crippen LogP contribution in [0.3, 0.4) is 0 Å². The van der Waals surface area contributed by atoms with E-state index in [0.29, 0.717) is 11.5 Å². The summed E-state index contributed by atoms with van der Waals surface area (Å²) in [6.07, 6.45) is 0.188. The lowest BCUT2D eigenvalue weighted by Gasteiger charge is -2.19. The summed E-state index contributed by atoms with van der Waals surface area (Å²) in [6.45, 7) is 11.5. The predicted molar refractivity (Wildman–Crippen MR) is 86.1 cm³/mol. The Morgan fingerprint density at radius 1 is 1.41 bits per heavy atom. The van der Waals surface area contributed by atoms with Crippen molar-refractivity contribution in [1.82, 2.24) is 15.3 Å². The first-order valence-electron chi connectivity index (χ1n) is 7.65. The van der Waals surface area contributed by atoms with Crippen LogP contribution in [0.25, 0.3) is 0 Å². The molecule has 0 saturated carbocycles. The van der Waals surface area contributed by atoms with E-state index in [2.05, 4.69) is 15.3 Å². The van der Waals surface area contributed by atoms with Crippen LogP contribution in [0.2, 0.25) is 0 Å². The van der Waals surface area contributed by atoms with Gasteiger partial charge >= 0.3 is 0 Å². The first-order chi connectivity index (χ1) is 10.1. The number of aromatic nitrogens is 2. The number of nitrogens with zero attached hydrogens (tertiary/aromatic N) is 1. The lowest BCUT2D eigenvalue weighted by atomic mass is 9.95. The van der Waals surface area contributed by atoms with Crippen molar-refractivity contribution in [3.05, 3.63) is 27.4 Å². The Morgan fingerprint density at radius 2 is 2.00 bits per heavy atom. The van der Waals surface area contributed by atoms with Gasteiger partial charge in [0.25, 0.3) is 11.5 Å². The molecule has 1 aromatic rings. The van der Waals surface area contributed by atoms with Crippen molar-refractivity contribution in [3.63, 3.8) is 0 Å². The van der Waals surface area contributed by atoms with E-state index in [9.17, 15) is 14.7 Å². The van der Waals surface area contributed by atoms with E-state index in [1.807, 2.05) is 34.6 Å². The Labute approximate surface area is 131 Å². The van der Waals surface area contributed by atoms with Gasteiger partial charge in [0.1, 0.15) is 11.4 Å². The van der Waals surface area contributed by atoms with Crippen LogP contribution < -0.4 is 10.9 Å². The van der Waals surface area contributed by atoms with Gasteiger partial charge in [-0.2, -0.15) is 0 Å². The fraction of sp³-hybridized carbons (Fsp3) is 0.688. The fourth-order valence-corrected chi connectivity index (χ4v) is 1.97. The number of hydrogen-bond donors (Lipinski definition) is 3. The topological polar surface area (TPSA) is 95.1 Å². The molecule has 2 atom stereocenters. The minimum atomic E-state index is -0.629. The number of rotatable bonds is 5. The Morgan fingerprint density at radius 3 is 2.45 bits per heavy atom. The van der Waals surface area contributed by atoms with Crippen molar-refractivity contribution in [3.8, 4) is 0 Å². The standard InChI is InChI=1S/C16H27N3O3/c1-7-9(2)11(20)8-17-13(21)12-10(3)18-15(16(4,5)6)19-14(12)22/h9,11,20H,7-8H2,1-6H3,(H,17,21)(H,18,19,22). The number of aromatic amines is 1. The third kappa shape index (κ3) is 4.40. The lowest BCUT2D eigenvalue weighted by Crippen LogP contribution is -2.39.